The van der Waals surface area contributed by atoms with Crippen LogP contribution >= 0.6 is 0 Å². The van der Waals surface area contributed by atoms with Crippen molar-refractivity contribution in [2.24, 2.45) is 0 Å². The highest BCUT2D eigenvalue weighted by atomic mass is 16.1. The molecule has 94 valence electrons. The van der Waals surface area contributed by atoms with Crippen LogP contribution in [0.1, 0.15) is 41.4 Å². The number of benzene rings is 1. The highest BCUT2D eigenvalue weighted by molar-refractivity contribution is 6.03. The summed E-state index contributed by atoms with van der Waals surface area (Å²) in [4.78, 5) is 12.0. The Hall–Kier alpha value is -2.10. The van der Waals surface area contributed by atoms with Crippen LogP contribution in [0.4, 0.5) is 5.69 Å². The first-order valence-electron chi connectivity index (χ1n) is 6.00. The largest absolute Gasteiger partial charge is 0.320 e. The molecule has 1 aromatic heterocycles. The lowest BCUT2D eigenvalue weighted by molar-refractivity contribution is 0.102. The zero-order valence-corrected chi connectivity index (χ0v) is 10.8. The van der Waals surface area contributed by atoms with E-state index in [4.69, 9.17) is 0 Å². The fraction of sp³-hybridized carbons (Fsp3) is 0.286. The third-order valence-corrected chi connectivity index (χ3v) is 2.91. The third kappa shape index (κ3) is 2.42. The summed E-state index contributed by atoms with van der Waals surface area (Å²) >= 11 is 0. The normalized spacial score (nSPS) is 10.7. The van der Waals surface area contributed by atoms with Crippen molar-refractivity contribution in [3.8, 4) is 0 Å². The Kier molecular flexibility index (Phi) is 3.46. The molecule has 1 aromatic carbocycles. The lowest BCUT2D eigenvalue weighted by atomic mass is 9.98. The maximum atomic E-state index is 12.0. The molecule has 0 aliphatic heterocycles. The van der Waals surface area contributed by atoms with Gasteiger partial charge in [0.15, 0.2) is 0 Å². The molecule has 0 unspecified atom stereocenters. The maximum Gasteiger partial charge on any atom is 0.273 e. The van der Waals surface area contributed by atoms with Crippen molar-refractivity contribution in [1.29, 1.82) is 0 Å². The summed E-state index contributed by atoms with van der Waals surface area (Å²) in [6.07, 6.45) is 1.57. The van der Waals surface area contributed by atoms with Gasteiger partial charge >= 0.3 is 0 Å². The van der Waals surface area contributed by atoms with Gasteiger partial charge in [0.1, 0.15) is 5.69 Å². The number of nitrogens with zero attached hydrogens (tertiary/aromatic N) is 1. The number of anilines is 1. The molecule has 0 saturated heterocycles. The number of hydrogen-bond donors (Lipinski definition) is 2. The van der Waals surface area contributed by atoms with Crippen LogP contribution in [-0.4, -0.2) is 16.1 Å². The average molecular weight is 243 g/mol. The Morgan fingerprint density at radius 1 is 1.33 bits per heavy atom. The van der Waals surface area contributed by atoms with Crippen molar-refractivity contribution in [3.05, 3.63) is 47.3 Å². The molecule has 0 fully saturated rings. The number of H-pyrrole nitrogens is 1. The maximum absolute atomic E-state index is 12.0. The van der Waals surface area contributed by atoms with Crippen LogP contribution in [0.15, 0.2) is 30.5 Å². The number of rotatable bonds is 3. The topological polar surface area (TPSA) is 57.8 Å². The molecule has 0 aliphatic carbocycles. The number of nitrogens with one attached hydrogen (secondary N) is 2. The number of aryl methyl sites for hydroxylation is 1. The molecular weight excluding hydrogens is 226 g/mol. The highest BCUT2D eigenvalue weighted by Crippen LogP contribution is 2.27. The van der Waals surface area contributed by atoms with Gasteiger partial charge in [-0.3, -0.25) is 9.89 Å². The Balaban J connectivity index is 2.31. The molecule has 0 atom stereocenters. The molecule has 4 nitrogen and oxygen atoms in total. The Morgan fingerprint density at radius 2 is 2.11 bits per heavy atom. The predicted octanol–water partition coefficient (Wildman–Crippen LogP) is 3.09. The number of amides is 1. The molecule has 1 heterocycles. The minimum absolute atomic E-state index is 0.163. The zero-order valence-electron chi connectivity index (χ0n) is 10.8. The molecule has 0 radical (unpaired) electrons. The molecule has 0 spiro atoms. The molecule has 18 heavy (non-hydrogen) atoms. The van der Waals surface area contributed by atoms with E-state index in [2.05, 4.69) is 29.4 Å². The summed E-state index contributed by atoms with van der Waals surface area (Å²) in [5, 5.41) is 9.39. The first-order valence-corrected chi connectivity index (χ1v) is 6.00. The van der Waals surface area contributed by atoms with Crippen molar-refractivity contribution < 1.29 is 4.79 Å². The fourth-order valence-electron chi connectivity index (χ4n) is 1.91. The van der Waals surface area contributed by atoms with Crippen molar-refractivity contribution in [2.45, 2.75) is 26.7 Å². The van der Waals surface area contributed by atoms with Crippen LogP contribution < -0.4 is 5.32 Å². The van der Waals surface area contributed by atoms with E-state index in [-0.39, 0.29) is 5.91 Å². The quantitative estimate of drug-likeness (QED) is 0.870. The van der Waals surface area contributed by atoms with Crippen LogP contribution in [0.5, 0.6) is 0 Å². The van der Waals surface area contributed by atoms with E-state index in [9.17, 15) is 4.79 Å². The van der Waals surface area contributed by atoms with Crippen LogP contribution in [0.2, 0.25) is 0 Å². The van der Waals surface area contributed by atoms with E-state index < -0.39 is 0 Å². The number of aromatic nitrogens is 2. The van der Waals surface area contributed by atoms with Crippen molar-refractivity contribution in [3.63, 3.8) is 0 Å². The van der Waals surface area contributed by atoms with Gasteiger partial charge in [-0.25, -0.2) is 0 Å². The summed E-state index contributed by atoms with van der Waals surface area (Å²) in [6.45, 7) is 6.22. The molecule has 1 amide bonds. The van der Waals surface area contributed by atoms with Crippen LogP contribution in [0.3, 0.4) is 0 Å². The van der Waals surface area contributed by atoms with Gasteiger partial charge in [0.25, 0.3) is 5.91 Å². The molecule has 4 heteroatoms. The molecule has 2 rings (SSSR count). The Morgan fingerprint density at radius 3 is 2.72 bits per heavy atom. The number of para-hydroxylation sites is 1. The molecule has 0 bridgehead atoms. The van der Waals surface area contributed by atoms with Gasteiger partial charge < -0.3 is 5.32 Å². The fourth-order valence-corrected chi connectivity index (χ4v) is 1.91. The second-order valence-electron chi connectivity index (χ2n) is 4.62. The second kappa shape index (κ2) is 5.04. The SMILES string of the molecule is Cc1cccc(C(C)C)c1NC(=O)c1ccn[nH]1. The van der Waals surface area contributed by atoms with E-state index in [0.717, 1.165) is 16.8 Å². The molecule has 2 N–H and O–H groups in total. The summed E-state index contributed by atoms with van der Waals surface area (Å²) < 4.78 is 0. The van der Waals surface area contributed by atoms with Crippen LogP contribution in [0, 0.1) is 6.92 Å². The molecule has 0 aliphatic rings. The lowest BCUT2D eigenvalue weighted by Crippen LogP contribution is -2.15. The number of aromatic amines is 1. The van der Waals surface area contributed by atoms with Gasteiger partial charge in [-0.05, 0) is 30.0 Å². The number of hydrogen-bond acceptors (Lipinski definition) is 2. The first-order chi connectivity index (χ1) is 8.59. The predicted molar refractivity (Wildman–Crippen MR) is 71.8 cm³/mol. The van der Waals surface area contributed by atoms with E-state index in [1.807, 2.05) is 25.1 Å². The van der Waals surface area contributed by atoms with E-state index in [1.165, 1.54) is 0 Å². The van der Waals surface area contributed by atoms with E-state index >= 15 is 0 Å². The van der Waals surface area contributed by atoms with E-state index in [0.29, 0.717) is 11.6 Å². The monoisotopic (exact) mass is 243 g/mol. The van der Waals surface area contributed by atoms with Crippen LogP contribution in [0.25, 0.3) is 0 Å². The smallest absolute Gasteiger partial charge is 0.273 e. The van der Waals surface area contributed by atoms with Gasteiger partial charge in [0, 0.05) is 11.9 Å². The first kappa shape index (κ1) is 12.4. The zero-order chi connectivity index (χ0) is 13.1. The van der Waals surface area contributed by atoms with Gasteiger partial charge in [0.05, 0.1) is 0 Å². The standard InChI is InChI=1S/C14H17N3O/c1-9(2)11-6-4-5-10(3)13(11)16-14(18)12-7-8-15-17-12/h4-9H,1-3H3,(H,15,17)(H,16,18). The number of carbonyl (C=O) groups is 1. The Labute approximate surface area is 106 Å². The molecule has 0 saturated carbocycles. The summed E-state index contributed by atoms with van der Waals surface area (Å²) in [5.74, 6) is 0.200. The van der Waals surface area contributed by atoms with Crippen molar-refractivity contribution in [1.82, 2.24) is 10.2 Å². The minimum Gasteiger partial charge on any atom is -0.320 e. The third-order valence-electron chi connectivity index (χ3n) is 2.91. The van der Waals surface area contributed by atoms with Crippen LogP contribution in [-0.2, 0) is 0 Å². The summed E-state index contributed by atoms with van der Waals surface area (Å²) in [7, 11) is 0. The average Bonchev–Trinajstić information content (AvgIpc) is 2.85. The minimum atomic E-state index is -0.163. The second-order valence-corrected chi connectivity index (χ2v) is 4.62. The number of carbonyl (C=O) groups excluding carboxylic acids is 1. The van der Waals surface area contributed by atoms with E-state index in [1.54, 1.807) is 12.3 Å². The van der Waals surface area contributed by atoms with Crippen molar-refractivity contribution >= 4 is 11.6 Å². The van der Waals surface area contributed by atoms with Crippen molar-refractivity contribution in [2.75, 3.05) is 5.32 Å². The highest BCUT2D eigenvalue weighted by Gasteiger charge is 2.13. The summed E-state index contributed by atoms with van der Waals surface area (Å²) in [5.41, 5.74) is 3.57. The Bertz CT molecular complexity index is 544. The molecule has 2 aromatic rings. The van der Waals surface area contributed by atoms with Gasteiger partial charge in [0.2, 0.25) is 0 Å². The van der Waals surface area contributed by atoms with Gasteiger partial charge in [-0.1, -0.05) is 32.0 Å². The summed E-state index contributed by atoms with van der Waals surface area (Å²) in [6, 6.07) is 7.70. The lowest BCUT2D eigenvalue weighted by Gasteiger charge is -2.15. The molecular formula is C14H17N3O. The van der Waals surface area contributed by atoms with Gasteiger partial charge in [-0.15, -0.1) is 0 Å². The van der Waals surface area contributed by atoms with Gasteiger partial charge in [-0.2, -0.15) is 5.10 Å².